The largest absolute Gasteiger partial charge is 0.497 e. The van der Waals surface area contributed by atoms with Crippen LogP contribution in [0.3, 0.4) is 0 Å². The number of carbonyl (C=O) groups is 2. The van der Waals surface area contributed by atoms with Gasteiger partial charge in [-0.15, -0.1) is 0 Å². The van der Waals surface area contributed by atoms with E-state index in [1.807, 2.05) is 87.5 Å². The van der Waals surface area contributed by atoms with Crippen LogP contribution in [0.4, 0.5) is 5.69 Å². The van der Waals surface area contributed by atoms with Crippen molar-refractivity contribution < 1.29 is 22.7 Å². The Balaban J connectivity index is 1.81. The third kappa shape index (κ3) is 8.75. The number of aryl methyl sites for hydroxylation is 2. The van der Waals surface area contributed by atoms with Crippen molar-refractivity contribution in [2.24, 2.45) is 0 Å². The van der Waals surface area contributed by atoms with Crippen LogP contribution in [-0.4, -0.2) is 51.4 Å². The van der Waals surface area contributed by atoms with E-state index < -0.39 is 28.5 Å². The van der Waals surface area contributed by atoms with Crippen molar-refractivity contribution in [3.8, 4) is 5.75 Å². The molecular formula is C37H43N3O5S. The fraction of sp³-hybridized carbons (Fsp3) is 0.297. The third-order valence-corrected chi connectivity index (χ3v) is 9.63. The second-order valence-corrected chi connectivity index (χ2v) is 13.2. The van der Waals surface area contributed by atoms with Crippen LogP contribution >= 0.6 is 0 Å². The fourth-order valence-electron chi connectivity index (χ4n) is 5.22. The fourth-order valence-corrected chi connectivity index (χ4v) is 6.70. The van der Waals surface area contributed by atoms with E-state index in [2.05, 4.69) is 5.32 Å². The summed E-state index contributed by atoms with van der Waals surface area (Å²) in [5.74, 6) is -0.189. The Bertz CT molecular complexity index is 1710. The van der Waals surface area contributed by atoms with Crippen LogP contribution in [0, 0.1) is 13.8 Å². The van der Waals surface area contributed by atoms with Crippen molar-refractivity contribution in [2.75, 3.05) is 24.5 Å². The van der Waals surface area contributed by atoms with E-state index in [-0.39, 0.29) is 23.8 Å². The molecule has 1 atom stereocenters. The molecule has 0 fully saturated rings. The lowest BCUT2D eigenvalue weighted by molar-refractivity contribution is -0.140. The highest BCUT2D eigenvalue weighted by Gasteiger charge is 2.35. The summed E-state index contributed by atoms with van der Waals surface area (Å²) < 4.78 is 35.0. The number of amides is 2. The van der Waals surface area contributed by atoms with E-state index in [0.29, 0.717) is 23.5 Å². The van der Waals surface area contributed by atoms with Gasteiger partial charge in [0.1, 0.15) is 18.3 Å². The number of hydrogen-bond acceptors (Lipinski definition) is 5. The van der Waals surface area contributed by atoms with Crippen LogP contribution in [0.5, 0.6) is 5.75 Å². The first kappa shape index (κ1) is 34.2. The molecule has 4 aromatic carbocycles. The number of para-hydroxylation sites is 1. The molecule has 0 saturated heterocycles. The van der Waals surface area contributed by atoms with E-state index in [9.17, 15) is 18.0 Å². The number of hydrogen-bond donors (Lipinski definition) is 1. The van der Waals surface area contributed by atoms with E-state index >= 15 is 0 Å². The number of nitrogens with zero attached hydrogens (tertiary/aromatic N) is 2. The van der Waals surface area contributed by atoms with Gasteiger partial charge in [-0.25, -0.2) is 8.42 Å². The standard InChI is InChI=1S/C37H43N3O5S/c1-5-6-23-38-37(42)35(25-30-14-8-7-9-15-30)39(26-31-16-12-17-32(24-31)45-4)36(41)27-40(34-18-11-10-13-29(34)3)46(43,44)33-21-19-28(2)20-22-33/h7-22,24,35H,5-6,23,25-27H2,1-4H3,(H,38,42)/t35-/m1/s1. The first-order valence-corrected chi connectivity index (χ1v) is 17.0. The molecule has 4 rings (SSSR count). The van der Waals surface area contributed by atoms with Crippen molar-refractivity contribution in [1.82, 2.24) is 10.2 Å². The lowest BCUT2D eigenvalue weighted by Crippen LogP contribution is -2.53. The van der Waals surface area contributed by atoms with E-state index in [0.717, 1.165) is 33.8 Å². The van der Waals surface area contributed by atoms with Crippen molar-refractivity contribution >= 4 is 27.5 Å². The number of carbonyl (C=O) groups excluding carboxylic acids is 2. The van der Waals surface area contributed by atoms with Gasteiger partial charge in [-0.05, 0) is 67.3 Å². The number of ether oxygens (including phenoxy) is 1. The quantitative estimate of drug-likeness (QED) is 0.159. The number of nitrogens with one attached hydrogen (secondary N) is 1. The minimum Gasteiger partial charge on any atom is -0.497 e. The second-order valence-electron chi connectivity index (χ2n) is 11.3. The molecular weight excluding hydrogens is 598 g/mol. The number of methoxy groups -OCH3 is 1. The monoisotopic (exact) mass is 641 g/mol. The SMILES string of the molecule is CCCCNC(=O)[C@@H](Cc1ccccc1)N(Cc1cccc(OC)c1)C(=O)CN(c1ccccc1C)S(=O)(=O)c1ccc(C)cc1. The Kier molecular flexibility index (Phi) is 12.0. The summed E-state index contributed by atoms with van der Waals surface area (Å²) in [4.78, 5) is 30.1. The van der Waals surface area contributed by atoms with Gasteiger partial charge in [-0.1, -0.05) is 91.7 Å². The molecule has 0 aliphatic rings. The van der Waals surface area contributed by atoms with Gasteiger partial charge in [0.05, 0.1) is 17.7 Å². The maximum atomic E-state index is 14.6. The zero-order valence-corrected chi connectivity index (χ0v) is 27.8. The van der Waals surface area contributed by atoms with Gasteiger partial charge in [0.25, 0.3) is 10.0 Å². The smallest absolute Gasteiger partial charge is 0.264 e. The number of rotatable bonds is 15. The average molecular weight is 642 g/mol. The third-order valence-electron chi connectivity index (χ3n) is 7.86. The molecule has 0 saturated carbocycles. The predicted molar refractivity (Wildman–Crippen MR) is 182 cm³/mol. The summed E-state index contributed by atoms with van der Waals surface area (Å²) in [5.41, 5.74) is 3.63. The van der Waals surface area contributed by atoms with Crippen molar-refractivity contribution in [1.29, 1.82) is 0 Å². The average Bonchev–Trinajstić information content (AvgIpc) is 3.06. The molecule has 0 aliphatic heterocycles. The van der Waals surface area contributed by atoms with Crippen molar-refractivity contribution in [2.45, 2.75) is 57.5 Å². The first-order chi connectivity index (χ1) is 22.1. The molecule has 0 radical (unpaired) electrons. The molecule has 46 heavy (non-hydrogen) atoms. The predicted octanol–water partition coefficient (Wildman–Crippen LogP) is 6.06. The van der Waals surface area contributed by atoms with E-state index in [1.54, 1.807) is 43.5 Å². The van der Waals surface area contributed by atoms with Crippen LogP contribution in [0.15, 0.2) is 108 Å². The Morgan fingerprint density at radius 3 is 2.20 bits per heavy atom. The molecule has 2 amide bonds. The lowest BCUT2D eigenvalue weighted by Gasteiger charge is -2.34. The van der Waals surface area contributed by atoms with Crippen LogP contribution in [0.2, 0.25) is 0 Å². The Labute approximate surface area is 273 Å². The molecule has 242 valence electrons. The number of unbranched alkanes of at least 4 members (excludes halogenated alkanes) is 1. The van der Waals surface area contributed by atoms with Crippen LogP contribution in [-0.2, 0) is 32.6 Å². The highest BCUT2D eigenvalue weighted by Crippen LogP contribution is 2.28. The molecule has 0 bridgehead atoms. The molecule has 8 nitrogen and oxygen atoms in total. The maximum Gasteiger partial charge on any atom is 0.264 e. The summed E-state index contributed by atoms with van der Waals surface area (Å²) in [6.45, 7) is 5.78. The molecule has 1 N–H and O–H groups in total. The maximum absolute atomic E-state index is 14.6. The molecule has 0 aromatic heterocycles. The summed E-state index contributed by atoms with van der Waals surface area (Å²) in [6.07, 6.45) is 1.95. The second kappa shape index (κ2) is 16.1. The minimum absolute atomic E-state index is 0.0704. The van der Waals surface area contributed by atoms with Crippen molar-refractivity contribution in [3.63, 3.8) is 0 Å². The molecule has 0 heterocycles. The van der Waals surface area contributed by atoms with Gasteiger partial charge in [-0.2, -0.15) is 0 Å². The van der Waals surface area contributed by atoms with Gasteiger partial charge >= 0.3 is 0 Å². The molecule has 0 aliphatic carbocycles. The summed E-state index contributed by atoms with van der Waals surface area (Å²) in [6, 6.07) is 29.6. The van der Waals surface area contributed by atoms with Gasteiger partial charge < -0.3 is 15.0 Å². The highest BCUT2D eigenvalue weighted by molar-refractivity contribution is 7.92. The lowest BCUT2D eigenvalue weighted by atomic mass is 10.0. The Morgan fingerprint density at radius 2 is 1.52 bits per heavy atom. The summed E-state index contributed by atoms with van der Waals surface area (Å²) >= 11 is 0. The highest BCUT2D eigenvalue weighted by atomic mass is 32.2. The Hall–Kier alpha value is -4.63. The molecule has 0 spiro atoms. The normalized spacial score (nSPS) is 11.8. The Morgan fingerprint density at radius 1 is 0.848 bits per heavy atom. The van der Waals surface area contributed by atoms with Gasteiger partial charge in [0.15, 0.2) is 0 Å². The zero-order chi connectivity index (χ0) is 33.1. The van der Waals surface area contributed by atoms with Gasteiger partial charge in [-0.3, -0.25) is 13.9 Å². The van der Waals surface area contributed by atoms with Gasteiger partial charge in [0.2, 0.25) is 11.8 Å². The first-order valence-electron chi connectivity index (χ1n) is 15.5. The summed E-state index contributed by atoms with van der Waals surface area (Å²) in [7, 11) is -2.60. The van der Waals surface area contributed by atoms with E-state index in [1.165, 1.54) is 4.90 Å². The molecule has 4 aromatic rings. The van der Waals surface area contributed by atoms with Gasteiger partial charge in [0, 0.05) is 19.5 Å². The van der Waals surface area contributed by atoms with Crippen LogP contribution in [0.25, 0.3) is 0 Å². The molecule has 0 unspecified atom stereocenters. The summed E-state index contributed by atoms with van der Waals surface area (Å²) in [5, 5.41) is 3.01. The molecule has 9 heteroatoms. The minimum atomic E-state index is -4.16. The van der Waals surface area contributed by atoms with Crippen LogP contribution in [0.1, 0.15) is 42.0 Å². The van der Waals surface area contributed by atoms with Crippen molar-refractivity contribution in [3.05, 3.63) is 125 Å². The number of sulfonamides is 1. The van der Waals surface area contributed by atoms with E-state index in [4.69, 9.17) is 4.74 Å². The zero-order valence-electron chi connectivity index (χ0n) is 27.0. The topological polar surface area (TPSA) is 96.0 Å². The number of anilines is 1. The number of benzene rings is 4. The van der Waals surface area contributed by atoms with Crippen LogP contribution < -0.4 is 14.4 Å².